The fraction of sp³-hybridized carbons (Fsp3) is 0.763. The number of unbranched alkanes of at least 4 members (excludes halogenated alkanes) is 12. The fourth-order valence-electron chi connectivity index (χ4n) is 5.23. The molecule has 0 radical (unpaired) electrons. The summed E-state index contributed by atoms with van der Waals surface area (Å²) >= 11 is 0. The zero-order chi connectivity index (χ0) is 33.2. The molecule has 0 aromatic rings. The molecule has 0 saturated heterocycles. The molecule has 0 aliphatic rings. The highest BCUT2D eigenvalue weighted by Crippen LogP contribution is 2.18. The Morgan fingerprint density at radius 2 is 1.22 bits per heavy atom. The van der Waals surface area contributed by atoms with Crippen LogP contribution in [0.1, 0.15) is 168 Å². The van der Waals surface area contributed by atoms with Gasteiger partial charge >= 0.3 is 11.9 Å². The molecule has 7 nitrogen and oxygen atoms in total. The number of rotatable bonds is 32. The van der Waals surface area contributed by atoms with E-state index in [4.69, 9.17) is 10.5 Å². The Labute approximate surface area is 275 Å². The smallest absolute Gasteiger partial charge is 0.326 e. The van der Waals surface area contributed by atoms with Crippen molar-refractivity contribution < 1.29 is 24.2 Å². The molecule has 0 saturated carbocycles. The number of allylic oxidation sites excluding steroid dienone is 6. The van der Waals surface area contributed by atoms with E-state index in [0.29, 0.717) is 32.2 Å². The minimum absolute atomic E-state index is 0.00405. The number of amides is 1. The molecule has 2 atom stereocenters. The molecule has 1 amide bonds. The van der Waals surface area contributed by atoms with E-state index >= 15 is 0 Å². The van der Waals surface area contributed by atoms with E-state index in [1.807, 2.05) is 0 Å². The average Bonchev–Trinajstić information content (AvgIpc) is 3.02. The Hall–Kier alpha value is -2.41. The van der Waals surface area contributed by atoms with E-state index in [1.54, 1.807) is 0 Å². The minimum atomic E-state index is -1.01. The van der Waals surface area contributed by atoms with Crippen molar-refractivity contribution in [1.29, 1.82) is 0 Å². The summed E-state index contributed by atoms with van der Waals surface area (Å²) in [6, 6.07) is -0.856. The third kappa shape index (κ3) is 30.0. The van der Waals surface area contributed by atoms with Crippen LogP contribution in [0.25, 0.3) is 0 Å². The molecule has 260 valence electrons. The van der Waals surface area contributed by atoms with E-state index in [2.05, 4.69) is 55.6 Å². The first-order chi connectivity index (χ1) is 21.9. The maximum absolute atomic E-state index is 12.6. The van der Waals surface area contributed by atoms with Gasteiger partial charge < -0.3 is 20.9 Å². The topological polar surface area (TPSA) is 119 Å². The third-order valence-electron chi connectivity index (χ3n) is 7.97. The maximum Gasteiger partial charge on any atom is 0.326 e. The molecule has 45 heavy (non-hydrogen) atoms. The van der Waals surface area contributed by atoms with Gasteiger partial charge in [0.2, 0.25) is 5.91 Å². The van der Waals surface area contributed by atoms with Crippen molar-refractivity contribution in [3.8, 4) is 0 Å². The Morgan fingerprint density at radius 3 is 1.84 bits per heavy atom. The van der Waals surface area contributed by atoms with Crippen LogP contribution in [0, 0.1) is 0 Å². The van der Waals surface area contributed by atoms with Gasteiger partial charge in [-0.15, -0.1) is 0 Å². The number of aliphatic carboxylic acids is 1. The molecule has 2 unspecified atom stereocenters. The maximum atomic E-state index is 12.6. The van der Waals surface area contributed by atoms with Gasteiger partial charge in [-0.05, 0) is 90.0 Å². The summed E-state index contributed by atoms with van der Waals surface area (Å²) in [5.41, 5.74) is 5.46. The summed E-state index contributed by atoms with van der Waals surface area (Å²) < 4.78 is 5.95. The van der Waals surface area contributed by atoms with E-state index in [9.17, 15) is 19.5 Å². The zero-order valence-corrected chi connectivity index (χ0v) is 29.0. The normalized spacial score (nSPS) is 13.1. The summed E-state index contributed by atoms with van der Waals surface area (Å²) in [4.78, 5) is 36.0. The number of carbonyl (C=O) groups is 3. The molecule has 0 heterocycles. The van der Waals surface area contributed by atoms with Crippen molar-refractivity contribution in [3.05, 3.63) is 36.5 Å². The van der Waals surface area contributed by atoms with Gasteiger partial charge in [0.1, 0.15) is 12.1 Å². The van der Waals surface area contributed by atoms with Gasteiger partial charge in [0, 0.05) is 12.8 Å². The largest absolute Gasteiger partial charge is 0.480 e. The molecular formula is C38H68N2O5. The molecule has 0 bridgehead atoms. The van der Waals surface area contributed by atoms with Gasteiger partial charge in [-0.2, -0.15) is 0 Å². The first-order valence-corrected chi connectivity index (χ1v) is 18.3. The summed E-state index contributed by atoms with van der Waals surface area (Å²) in [6.07, 6.45) is 36.2. The van der Waals surface area contributed by atoms with Crippen LogP contribution < -0.4 is 11.1 Å². The quantitative estimate of drug-likeness (QED) is 0.0386. The van der Waals surface area contributed by atoms with Gasteiger partial charge in [-0.1, -0.05) is 108 Å². The van der Waals surface area contributed by atoms with Crippen molar-refractivity contribution in [2.75, 3.05) is 6.54 Å². The lowest BCUT2D eigenvalue weighted by Crippen LogP contribution is -2.40. The Bertz CT molecular complexity index is 808. The lowest BCUT2D eigenvalue weighted by Gasteiger charge is -2.18. The number of ether oxygens (including phenoxy) is 1. The van der Waals surface area contributed by atoms with Gasteiger partial charge in [-0.25, -0.2) is 4.79 Å². The fourth-order valence-corrected chi connectivity index (χ4v) is 5.23. The van der Waals surface area contributed by atoms with Crippen molar-refractivity contribution >= 4 is 17.8 Å². The highest BCUT2D eigenvalue weighted by atomic mass is 16.5. The summed E-state index contributed by atoms with van der Waals surface area (Å²) in [7, 11) is 0. The third-order valence-corrected chi connectivity index (χ3v) is 7.97. The molecule has 0 rings (SSSR count). The van der Waals surface area contributed by atoms with Crippen molar-refractivity contribution in [2.24, 2.45) is 5.73 Å². The number of carboxylic acids is 1. The highest BCUT2D eigenvalue weighted by Gasteiger charge is 2.19. The van der Waals surface area contributed by atoms with Gasteiger partial charge in [-0.3, -0.25) is 9.59 Å². The van der Waals surface area contributed by atoms with Crippen LogP contribution >= 0.6 is 0 Å². The van der Waals surface area contributed by atoms with Gasteiger partial charge in [0.25, 0.3) is 0 Å². The number of hydrogen-bond donors (Lipinski definition) is 3. The second kappa shape index (κ2) is 33.0. The summed E-state index contributed by atoms with van der Waals surface area (Å²) in [6.45, 7) is 4.79. The molecule has 0 fully saturated rings. The lowest BCUT2D eigenvalue weighted by atomic mass is 10.0. The van der Waals surface area contributed by atoms with E-state index < -0.39 is 12.0 Å². The Kier molecular flexibility index (Phi) is 31.2. The molecule has 0 aliphatic heterocycles. The number of nitrogens with one attached hydrogen (secondary N) is 1. The summed E-state index contributed by atoms with van der Waals surface area (Å²) in [5, 5.41) is 11.9. The van der Waals surface area contributed by atoms with Crippen LogP contribution in [0.3, 0.4) is 0 Å². The SMILES string of the molecule is CC/C=C\C/C=C\C/C=C\CCCCCC(=O)OC(CCCCCCCC)CCCCCCCC(=O)NC(CCCN)C(=O)O. The second-order valence-electron chi connectivity index (χ2n) is 12.3. The number of hydrogen-bond acceptors (Lipinski definition) is 5. The minimum Gasteiger partial charge on any atom is -0.480 e. The molecule has 0 aromatic carbocycles. The highest BCUT2D eigenvalue weighted by molar-refractivity contribution is 5.83. The first kappa shape index (κ1) is 42.6. The molecule has 0 aromatic heterocycles. The second-order valence-corrected chi connectivity index (χ2v) is 12.3. The standard InChI is InChI=1S/C38H68N2O5/c1-3-5-7-9-11-12-13-14-15-16-17-22-26-32-37(42)45-34(28-23-19-10-8-6-4-2)29-24-20-18-21-25-31-36(41)40-35(38(43)44)30-27-33-39/h5,7,11-12,14-15,34-35H,3-4,6,8-10,13,16-33,39H2,1-2H3,(H,40,41)(H,43,44)/b7-5-,12-11-,15-14-. The average molecular weight is 633 g/mol. The van der Waals surface area contributed by atoms with Crippen molar-refractivity contribution in [3.63, 3.8) is 0 Å². The number of nitrogens with two attached hydrogens (primary N) is 1. The molecule has 4 N–H and O–H groups in total. The van der Waals surface area contributed by atoms with Crippen LogP contribution in [0.4, 0.5) is 0 Å². The molecule has 7 heteroatoms. The van der Waals surface area contributed by atoms with Crippen LogP contribution in [0.2, 0.25) is 0 Å². The van der Waals surface area contributed by atoms with Crippen LogP contribution in [0.15, 0.2) is 36.5 Å². The number of carbonyl (C=O) groups excluding carboxylic acids is 2. The van der Waals surface area contributed by atoms with Gasteiger partial charge in [0.05, 0.1) is 0 Å². The van der Waals surface area contributed by atoms with Crippen LogP contribution in [0.5, 0.6) is 0 Å². The molecule has 0 spiro atoms. The predicted octanol–water partition coefficient (Wildman–Crippen LogP) is 9.50. The van der Waals surface area contributed by atoms with Crippen LogP contribution in [-0.4, -0.2) is 41.6 Å². The Balaban J connectivity index is 4.25. The van der Waals surface area contributed by atoms with Crippen molar-refractivity contribution in [2.45, 2.75) is 180 Å². The van der Waals surface area contributed by atoms with Gasteiger partial charge in [0.15, 0.2) is 0 Å². The molecular weight excluding hydrogens is 564 g/mol. The van der Waals surface area contributed by atoms with Crippen molar-refractivity contribution in [1.82, 2.24) is 5.32 Å². The van der Waals surface area contributed by atoms with E-state index in [0.717, 1.165) is 96.3 Å². The lowest BCUT2D eigenvalue weighted by molar-refractivity contribution is -0.150. The number of carboxylic acid groups (broad SMARTS) is 1. The number of esters is 1. The summed E-state index contributed by atoms with van der Waals surface area (Å²) in [5.74, 6) is -1.27. The zero-order valence-electron chi connectivity index (χ0n) is 29.0. The Morgan fingerprint density at radius 1 is 0.667 bits per heavy atom. The van der Waals surface area contributed by atoms with E-state index in [-0.39, 0.29) is 18.0 Å². The monoisotopic (exact) mass is 633 g/mol. The molecule has 0 aliphatic carbocycles. The predicted molar refractivity (Wildman–Crippen MR) is 188 cm³/mol. The first-order valence-electron chi connectivity index (χ1n) is 18.3. The van der Waals surface area contributed by atoms with E-state index in [1.165, 1.54) is 32.1 Å². The van der Waals surface area contributed by atoms with Crippen LogP contribution in [-0.2, 0) is 19.1 Å².